The molecule has 130 valence electrons. The van der Waals surface area contributed by atoms with E-state index < -0.39 is 5.76 Å². The first-order valence-corrected chi connectivity index (χ1v) is 9.24. The van der Waals surface area contributed by atoms with Crippen LogP contribution in [0.1, 0.15) is 41.2 Å². The smallest absolute Gasteiger partial charge is 0.291 e. The summed E-state index contributed by atoms with van der Waals surface area (Å²) in [5.74, 6) is -2.60. The molecule has 4 nitrogen and oxygen atoms in total. The van der Waals surface area contributed by atoms with Crippen molar-refractivity contribution in [3.8, 4) is 0 Å². The quantitative estimate of drug-likeness (QED) is 0.583. The maximum absolute atomic E-state index is 12.4. The highest BCUT2D eigenvalue weighted by molar-refractivity contribution is 7.99. The maximum Gasteiger partial charge on any atom is 0.291 e. The SMILES string of the molecule is Cc1nc(SC(F)F)nc(C)c1CCC(=O)N[C@H](C)c1cccs1. The molecule has 8 heteroatoms. The van der Waals surface area contributed by atoms with Gasteiger partial charge < -0.3 is 5.32 Å². The number of carbonyl (C=O) groups is 1. The molecule has 0 unspecified atom stereocenters. The fourth-order valence-corrected chi connectivity index (χ4v) is 3.64. The van der Waals surface area contributed by atoms with E-state index in [1.54, 1.807) is 25.2 Å². The highest BCUT2D eigenvalue weighted by Gasteiger charge is 2.15. The van der Waals surface area contributed by atoms with Gasteiger partial charge in [-0.05, 0) is 56.0 Å². The van der Waals surface area contributed by atoms with Gasteiger partial charge in [0.25, 0.3) is 5.76 Å². The van der Waals surface area contributed by atoms with Crippen LogP contribution in [0.5, 0.6) is 0 Å². The van der Waals surface area contributed by atoms with Gasteiger partial charge in [0.1, 0.15) is 0 Å². The fraction of sp³-hybridized carbons (Fsp3) is 0.438. The number of thiophene rings is 1. The third-order valence-corrected chi connectivity index (χ3v) is 5.17. The number of carbonyl (C=O) groups excluding carboxylic acids is 1. The summed E-state index contributed by atoms with van der Waals surface area (Å²) in [6.45, 7) is 5.46. The minimum Gasteiger partial charge on any atom is -0.349 e. The molecule has 1 N–H and O–H groups in total. The second kappa shape index (κ2) is 8.53. The normalized spacial score (nSPS) is 12.4. The number of hydrogen-bond donors (Lipinski definition) is 1. The van der Waals surface area contributed by atoms with Crippen molar-refractivity contribution in [1.29, 1.82) is 0 Å². The number of alkyl halides is 2. The molecule has 2 aromatic heterocycles. The molecular formula is C16H19F2N3OS2. The highest BCUT2D eigenvalue weighted by atomic mass is 32.2. The molecule has 24 heavy (non-hydrogen) atoms. The van der Waals surface area contributed by atoms with Crippen molar-refractivity contribution >= 4 is 29.0 Å². The number of hydrogen-bond acceptors (Lipinski definition) is 5. The van der Waals surface area contributed by atoms with Crippen LogP contribution in [0.25, 0.3) is 0 Å². The van der Waals surface area contributed by atoms with Crippen molar-refractivity contribution in [2.24, 2.45) is 0 Å². The van der Waals surface area contributed by atoms with E-state index in [-0.39, 0.29) is 17.1 Å². The average Bonchev–Trinajstić information content (AvgIpc) is 2.99. The Balaban J connectivity index is 1.95. The Morgan fingerprint density at radius 3 is 2.54 bits per heavy atom. The van der Waals surface area contributed by atoms with Crippen LogP contribution < -0.4 is 5.32 Å². The van der Waals surface area contributed by atoms with Crippen molar-refractivity contribution in [3.63, 3.8) is 0 Å². The first kappa shape index (κ1) is 18.8. The molecular weight excluding hydrogens is 352 g/mol. The van der Waals surface area contributed by atoms with Crippen LogP contribution in [0.2, 0.25) is 0 Å². The molecule has 0 aliphatic carbocycles. The zero-order valence-corrected chi connectivity index (χ0v) is 15.3. The Morgan fingerprint density at radius 2 is 2.00 bits per heavy atom. The molecule has 0 aliphatic heterocycles. The average molecular weight is 371 g/mol. The number of aryl methyl sites for hydroxylation is 2. The Kier molecular flexibility index (Phi) is 6.68. The van der Waals surface area contributed by atoms with Crippen molar-refractivity contribution in [2.45, 2.75) is 50.6 Å². The van der Waals surface area contributed by atoms with Gasteiger partial charge in [-0.2, -0.15) is 8.78 Å². The van der Waals surface area contributed by atoms with Crippen LogP contribution in [-0.4, -0.2) is 21.6 Å². The molecule has 0 fully saturated rings. The van der Waals surface area contributed by atoms with Gasteiger partial charge in [-0.1, -0.05) is 6.07 Å². The van der Waals surface area contributed by atoms with Gasteiger partial charge in [0.15, 0.2) is 5.16 Å². The first-order chi connectivity index (χ1) is 11.4. The van der Waals surface area contributed by atoms with E-state index in [4.69, 9.17) is 0 Å². The number of amides is 1. The lowest BCUT2D eigenvalue weighted by molar-refractivity contribution is -0.121. The van der Waals surface area contributed by atoms with Crippen LogP contribution in [-0.2, 0) is 11.2 Å². The molecule has 2 aromatic rings. The van der Waals surface area contributed by atoms with Gasteiger partial charge in [0, 0.05) is 22.7 Å². The summed E-state index contributed by atoms with van der Waals surface area (Å²) in [6, 6.07) is 3.91. The minimum absolute atomic E-state index is 0.0271. The van der Waals surface area contributed by atoms with E-state index in [9.17, 15) is 13.6 Å². The molecule has 1 atom stereocenters. The predicted octanol–water partition coefficient (Wildman–Crippen LogP) is 4.28. The molecule has 0 saturated heterocycles. The van der Waals surface area contributed by atoms with E-state index in [0.29, 0.717) is 36.0 Å². The van der Waals surface area contributed by atoms with Crippen molar-refractivity contribution in [1.82, 2.24) is 15.3 Å². The lowest BCUT2D eigenvalue weighted by atomic mass is 10.1. The van der Waals surface area contributed by atoms with E-state index >= 15 is 0 Å². The zero-order valence-electron chi connectivity index (χ0n) is 13.7. The van der Waals surface area contributed by atoms with Crippen LogP contribution in [0, 0.1) is 13.8 Å². The van der Waals surface area contributed by atoms with Crippen LogP contribution in [0.4, 0.5) is 8.78 Å². The summed E-state index contributed by atoms with van der Waals surface area (Å²) >= 11 is 1.93. The molecule has 0 spiro atoms. The van der Waals surface area contributed by atoms with Gasteiger partial charge in [-0.25, -0.2) is 9.97 Å². The van der Waals surface area contributed by atoms with Gasteiger partial charge in [0.2, 0.25) is 5.91 Å². The van der Waals surface area contributed by atoms with Crippen LogP contribution in [0.3, 0.4) is 0 Å². The van der Waals surface area contributed by atoms with E-state index in [2.05, 4.69) is 15.3 Å². The summed E-state index contributed by atoms with van der Waals surface area (Å²) < 4.78 is 24.8. The topological polar surface area (TPSA) is 54.9 Å². The van der Waals surface area contributed by atoms with Crippen LogP contribution >= 0.6 is 23.1 Å². The number of nitrogens with one attached hydrogen (secondary N) is 1. The second-order valence-electron chi connectivity index (χ2n) is 5.34. The number of halogens is 2. The maximum atomic E-state index is 12.4. The largest absolute Gasteiger partial charge is 0.349 e. The lowest BCUT2D eigenvalue weighted by Gasteiger charge is -2.13. The minimum atomic E-state index is -2.54. The number of aromatic nitrogens is 2. The molecule has 0 saturated carbocycles. The Morgan fingerprint density at radius 1 is 1.33 bits per heavy atom. The molecule has 2 rings (SSSR count). The Bertz CT molecular complexity index is 670. The van der Waals surface area contributed by atoms with Gasteiger partial charge in [-0.15, -0.1) is 11.3 Å². The molecule has 0 aromatic carbocycles. The van der Waals surface area contributed by atoms with E-state index in [1.165, 1.54) is 0 Å². The standard InChI is InChI=1S/C16H19F2N3OS2/c1-9-12(10(2)21-16(20-9)24-15(17)18)6-7-14(22)19-11(3)13-5-4-8-23-13/h4-5,8,11,15H,6-7H2,1-3H3,(H,19,22)/t11-/m1/s1. The summed E-state index contributed by atoms with van der Waals surface area (Å²) in [6.07, 6.45) is 0.794. The van der Waals surface area contributed by atoms with Crippen molar-refractivity contribution in [2.75, 3.05) is 0 Å². The summed E-state index contributed by atoms with van der Waals surface area (Å²) in [4.78, 5) is 21.4. The lowest BCUT2D eigenvalue weighted by Crippen LogP contribution is -2.26. The van der Waals surface area contributed by atoms with E-state index in [0.717, 1.165) is 10.4 Å². The fourth-order valence-electron chi connectivity index (χ4n) is 2.36. The number of rotatable bonds is 7. The Labute approximate surface area is 148 Å². The summed E-state index contributed by atoms with van der Waals surface area (Å²) in [7, 11) is 0. The zero-order chi connectivity index (χ0) is 17.7. The molecule has 0 radical (unpaired) electrons. The van der Waals surface area contributed by atoms with Crippen molar-refractivity contribution in [3.05, 3.63) is 39.3 Å². The third-order valence-electron chi connectivity index (χ3n) is 3.54. The second-order valence-corrected chi connectivity index (χ2v) is 7.28. The van der Waals surface area contributed by atoms with E-state index in [1.807, 2.05) is 24.4 Å². The van der Waals surface area contributed by atoms with Gasteiger partial charge in [0.05, 0.1) is 6.04 Å². The molecule has 0 bridgehead atoms. The number of nitrogens with zero attached hydrogens (tertiary/aromatic N) is 2. The van der Waals surface area contributed by atoms with Gasteiger partial charge in [-0.3, -0.25) is 4.79 Å². The molecule has 2 heterocycles. The van der Waals surface area contributed by atoms with Crippen molar-refractivity contribution < 1.29 is 13.6 Å². The Hall–Kier alpha value is -1.54. The molecule has 1 amide bonds. The summed E-state index contributed by atoms with van der Waals surface area (Å²) in [5.41, 5.74) is 2.13. The number of thioether (sulfide) groups is 1. The first-order valence-electron chi connectivity index (χ1n) is 7.48. The third kappa shape index (κ3) is 5.24. The molecule has 0 aliphatic rings. The van der Waals surface area contributed by atoms with Crippen LogP contribution in [0.15, 0.2) is 22.7 Å². The predicted molar refractivity (Wildman–Crippen MR) is 92.6 cm³/mol. The summed E-state index contributed by atoms with van der Waals surface area (Å²) in [5, 5.41) is 5.00. The monoisotopic (exact) mass is 371 g/mol. The van der Waals surface area contributed by atoms with Gasteiger partial charge >= 0.3 is 0 Å². The highest BCUT2D eigenvalue weighted by Crippen LogP contribution is 2.24.